The number of nitrogen functional groups attached to an aromatic ring is 1. The van der Waals surface area contributed by atoms with Crippen molar-refractivity contribution in [3.05, 3.63) is 24.3 Å². The van der Waals surface area contributed by atoms with E-state index in [0.29, 0.717) is 11.5 Å². The number of fused-ring (bicyclic) bond motifs is 1. The molecule has 4 N–H and O–H groups in total. The van der Waals surface area contributed by atoms with Crippen LogP contribution in [0.4, 0.5) is 11.5 Å². The van der Waals surface area contributed by atoms with E-state index in [4.69, 9.17) is 10.5 Å². The molecular weight excluding hydrogens is 286 g/mol. The van der Waals surface area contributed by atoms with Crippen LogP contribution in [0.1, 0.15) is 12.8 Å². The van der Waals surface area contributed by atoms with Crippen molar-refractivity contribution in [2.45, 2.75) is 18.9 Å². The van der Waals surface area contributed by atoms with Crippen LogP contribution >= 0.6 is 0 Å². The number of nitrogens with one attached hydrogen (secondary N) is 2. The molecule has 7 heteroatoms. The lowest BCUT2D eigenvalue weighted by Crippen LogP contribution is -2.31. The Hall–Kier alpha value is -2.70. The van der Waals surface area contributed by atoms with Crippen LogP contribution in [0.3, 0.4) is 0 Å². The zero-order valence-electron chi connectivity index (χ0n) is 12.5. The minimum absolute atomic E-state index is 0.121. The summed E-state index contributed by atoms with van der Waals surface area (Å²) in [5.74, 6) is -0.164. The minimum Gasteiger partial charge on any atom is -0.469 e. The molecular formula is C15H19N3O4. The Morgan fingerprint density at radius 2 is 2.05 bits per heavy atom. The lowest BCUT2D eigenvalue weighted by atomic mass is 10.1. The third kappa shape index (κ3) is 3.69. The highest BCUT2D eigenvalue weighted by molar-refractivity contribution is 5.88. The molecule has 2 rings (SSSR count). The smallest absolute Gasteiger partial charge is 0.328 e. The van der Waals surface area contributed by atoms with Crippen molar-refractivity contribution in [3.63, 3.8) is 0 Å². The van der Waals surface area contributed by atoms with E-state index < -0.39 is 12.0 Å². The minimum atomic E-state index is -0.644. The van der Waals surface area contributed by atoms with Crippen LogP contribution in [-0.2, 0) is 19.1 Å². The first-order valence-corrected chi connectivity index (χ1v) is 6.83. The summed E-state index contributed by atoms with van der Waals surface area (Å²) >= 11 is 0. The van der Waals surface area contributed by atoms with Gasteiger partial charge < -0.3 is 25.5 Å². The zero-order valence-corrected chi connectivity index (χ0v) is 12.5. The van der Waals surface area contributed by atoms with Gasteiger partial charge in [0.05, 0.1) is 14.2 Å². The number of carbonyl (C=O) groups excluding carboxylic acids is 2. The zero-order chi connectivity index (χ0) is 16.1. The first-order chi connectivity index (χ1) is 10.5. The largest absolute Gasteiger partial charge is 0.469 e. The van der Waals surface area contributed by atoms with E-state index in [2.05, 4.69) is 15.0 Å². The van der Waals surface area contributed by atoms with Crippen LogP contribution in [0.2, 0.25) is 0 Å². The summed E-state index contributed by atoms with van der Waals surface area (Å²) in [6.45, 7) is 0. The van der Waals surface area contributed by atoms with Gasteiger partial charge in [0, 0.05) is 23.0 Å². The van der Waals surface area contributed by atoms with Gasteiger partial charge in [-0.05, 0) is 30.7 Å². The first kappa shape index (κ1) is 15.7. The van der Waals surface area contributed by atoms with Crippen LogP contribution in [0.25, 0.3) is 10.9 Å². The highest BCUT2D eigenvalue weighted by Gasteiger charge is 2.21. The van der Waals surface area contributed by atoms with Crippen molar-refractivity contribution in [2.75, 3.05) is 25.3 Å². The van der Waals surface area contributed by atoms with Gasteiger partial charge in [0.15, 0.2) is 0 Å². The van der Waals surface area contributed by atoms with Crippen molar-refractivity contribution in [1.82, 2.24) is 4.98 Å². The molecule has 0 saturated carbocycles. The predicted molar refractivity (Wildman–Crippen MR) is 83.4 cm³/mol. The summed E-state index contributed by atoms with van der Waals surface area (Å²) in [6.07, 6.45) is 0.396. The number of aromatic amines is 1. The topological polar surface area (TPSA) is 106 Å². The summed E-state index contributed by atoms with van der Waals surface area (Å²) in [4.78, 5) is 26.2. The Bertz CT molecular complexity index is 680. The van der Waals surface area contributed by atoms with Gasteiger partial charge in [-0.3, -0.25) is 4.79 Å². The molecule has 22 heavy (non-hydrogen) atoms. The van der Waals surface area contributed by atoms with Crippen LogP contribution in [0.5, 0.6) is 0 Å². The summed E-state index contributed by atoms with van der Waals surface area (Å²) < 4.78 is 9.34. The SMILES string of the molecule is COC(=O)CC[C@H](Nc1cc2cc(N)ccc2[nH]1)C(=O)OC. The molecule has 2 aromatic rings. The molecule has 1 aromatic carbocycles. The van der Waals surface area contributed by atoms with E-state index in [0.717, 1.165) is 10.9 Å². The average Bonchev–Trinajstić information content (AvgIpc) is 2.91. The van der Waals surface area contributed by atoms with Crippen LogP contribution in [0.15, 0.2) is 24.3 Å². The molecule has 0 amide bonds. The Kier molecular flexibility index (Phi) is 4.88. The maximum atomic E-state index is 11.8. The normalized spacial score (nSPS) is 11.9. The van der Waals surface area contributed by atoms with Crippen molar-refractivity contribution < 1.29 is 19.1 Å². The Morgan fingerprint density at radius 3 is 2.73 bits per heavy atom. The number of rotatable bonds is 6. The Morgan fingerprint density at radius 1 is 1.27 bits per heavy atom. The van der Waals surface area contributed by atoms with Crippen molar-refractivity contribution in [3.8, 4) is 0 Å². The Balaban J connectivity index is 2.13. The molecule has 118 valence electrons. The number of H-pyrrole nitrogens is 1. The van der Waals surface area contributed by atoms with Crippen LogP contribution in [0, 0.1) is 0 Å². The van der Waals surface area contributed by atoms with Gasteiger partial charge in [-0.2, -0.15) is 0 Å². The Labute approximate surface area is 127 Å². The molecule has 0 unspecified atom stereocenters. The van der Waals surface area contributed by atoms with Gasteiger partial charge in [0.25, 0.3) is 0 Å². The second kappa shape index (κ2) is 6.84. The molecule has 0 radical (unpaired) electrons. The maximum absolute atomic E-state index is 11.8. The van der Waals surface area contributed by atoms with E-state index in [1.807, 2.05) is 18.2 Å². The van der Waals surface area contributed by atoms with Gasteiger partial charge in [-0.15, -0.1) is 0 Å². The summed E-state index contributed by atoms with van der Waals surface area (Å²) in [5, 5.41) is 3.97. The fourth-order valence-electron chi connectivity index (χ4n) is 2.17. The molecule has 7 nitrogen and oxygen atoms in total. The predicted octanol–water partition coefficient (Wildman–Crippen LogP) is 1.66. The van der Waals surface area contributed by atoms with E-state index in [1.165, 1.54) is 14.2 Å². The van der Waals surface area contributed by atoms with Gasteiger partial charge >= 0.3 is 11.9 Å². The summed E-state index contributed by atoms with van der Waals surface area (Å²) in [7, 11) is 2.62. The van der Waals surface area contributed by atoms with Gasteiger partial charge in [0.1, 0.15) is 11.9 Å². The number of anilines is 2. The third-order valence-corrected chi connectivity index (χ3v) is 3.33. The molecule has 0 fully saturated rings. The molecule has 0 saturated heterocycles. The molecule has 1 heterocycles. The number of aromatic nitrogens is 1. The lowest BCUT2D eigenvalue weighted by Gasteiger charge is -2.15. The summed E-state index contributed by atoms with van der Waals surface area (Å²) in [5.41, 5.74) is 7.30. The first-order valence-electron chi connectivity index (χ1n) is 6.83. The molecule has 0 aliphatic rings. The number of benzene rings is 1. The van der Waals surface area contributed by atoms with Gasteiger partial charge in [-0.1, -0.05) is 0 Å². The maximum Gasteiger partial charge on any atom is 0.328 e. The fraction of sp³-hybridized carbons (Fsp3) is 0.333. The van der Waals surface area contributed by atoms with E-state index in [-0.39, 0.29) is 18.8 Å². The van der Waals surface area contributed by atoms with Crippen molar-refractivity contribution in [2.24, 2.45) is 0 Å². The van der Waals surface area contributed by atoms with Gasteiger partial charge in [-0.25, -0.2) is 4.79 Å². The average molecular weight is 305 g/mol. The monoisotopic (exact) mass is 305 g/mol. The number of nitrogens with two attached hydrogens (primary N) is 1. The molecule has 0 bridgehead atoms. The standard InChI is InChI=1S/C15H19N3O4/c1-21-14(19)6-5-12(15(20)22-2)18-13-8-9-7-10(16)3-4-11(9)17-13/h3-4,7-8,12,17-18H,5-6,16H2,1-2H3/t12-/m0/s1. The second-order valence-electron chi connectivity index (χ2n) is 4.86. The van der Waals surface area contributed by atoms with E-state index in [9.17, 15) is 9.59 Å². The van der Waals surface area contributed by atoms with Crippen molar-refractivity contribution >= 4 is 34.3 Å². The van der Waals surface area contributed by atoms with Crippen LogP contribution in [-0.4, -0.2) is 37.2 Å². The van der Waals surface area contributed by atoms with Crippen molar-refractivity contribution in [1.29, 1.82) is 0 Å². The number of esters is 2. The molecule has 1 atom stereocenters. The number of ether oxygens (including phenoxy) is 2. The number of methoxy groups -OCH3 is 2. The molecule has 0 aliphatic carbocycles. The third-order valence-electron chi connectivity index (χ3n) is 3.33. The molecule has 0 aliphatic heterocycles. The summed E-state index contributed by atoms with van der Waals surface area (Å²) in [6, 6.07) is 6.68. The van der Waals surface area contributed by atoms with Crippen LogP contribution < -0.4 is 11.1 Å². The number of hydrogen-bond donors (Lipinski definition) is 3. The molecule has 1 aromatic heterocycles. The number of hydrogen-bond acceptors (Lipinski definition) is 6. The number of carbonyl (C=O) groups is 2. The van der Waals surface area contributed by atoms with E-state index in [1.54, 1.807) is 6.07 Å². The molecule has 0 spiro atoms. The van der Waals surface area contributed by atoms with Gasteiger partial charge in [0.2, 0.25) is 0 Å². The fourth-order valence-corrected chi connectivity index (χ4v) is 2.17. The quantitative estimate of drug-likeness (QED) is 0.553. The second-order valence-corrected chi connectivity index (χ2v) is 4.86. The van der Waals surface area contributed by atoms with E-state index >= 15 is 0 Å². The highest BCUT2D eigenvalue weighted by atomic mass is 16.5. The lowest BCUT2D eigenvalue weighted by molar-refractivity contribution is -0.143. The highest BCUT2D eigenvalue weighted by Crippen LogP contribution is 2.22.